The second kappa shape index (κ2) is 8.68. The summed E-state index contributed by atoms with van der Waals surface area (Å²) in [4.78, 5) is 28.8. The molecule has 4 bridgehead atoms. The Balaban J connectivity index is 1.53. The monoisotopic (exact) mass is 505 g/mol. The molecule has 6 nitrogen and oxygen atoms in total. The molecule has 5 rings (SSSR count). The maximum atomic E-state index is 13.5. The van der Waals surface area contributed by atoms with Crippen molar-refractivity contribution in [3.8, 4) is 0 Å². The normalized spacial score (nSPS) is 46.5. The molecule has 1 saturated heterocycles. The number of carboxylic acids is 1. The molecule has 0 aromatic rings. The average Bonchev–Trinajstić information content (AvgIpc) is 3.34. The number of morpholine rings is 1. The number of allylic oxidation sites excluding steroid dienone is 1. The van der Waals surface area contributed by atoms with Gasteiger partial charge in [-0.1, -0.05) is 57.0 Å². The third-order valence-electron chi connectivity index (χ3n) is 10.4. The summed E-state index contributed by atoms with van der Waals surface area (Å²) in [5, 5.41) is 11.6. The summed E-state index contributed by atoms with van der Waals surface area (Å²) in [5.41, 5.74) is -1.77. The summed E-state index contributed by atoms with van der Waals surface area (Å²) < 4.78 is 12.7. The predicted molar refractivity (Wildman–Crippen MR) is 134 cm³/mol. The van der Waals surface area contributed by atoms with Crippen molar-refractivity contribution in [1.82, 2.24) is 4.90 Å². The minimum absolute atomic E-state index is 0.0266. The van der Waals surface area contributed by atoms with Gasteiger partial charge in [0.2, 0.25) is 0 Å². The molecule has 0 aromatic carbocycles. The van der Waals surface area contributed by atoms with Crippen LogP contribution in [0.15, 0.2) is 23.3 Å². The van der Waals surface area contributed by atoms with Gasteiger partial charge in [-0.15, -0.1) is 0 Å². The van der Waals surface area contributed by atoms with Crippen LogP contribution in [0, 0.1) is 45.8 Å². The SMILES string of the molecule is C=C(Cl)CN1C[C@H](OCC23C[C@@H]4[C@H](C)CC[C@H]4[C@@]4(C=O)C[C@H]2C=C(C(C)C)[C@@]34C(=O)O)O[C@H](C)C1. The van der Waals surface area contributed by atoms with Crippen molar-refractivity contribution in [1.29, 1.82) is 0 Å². The number of carboxylic acid groups (broad SMARTS) is 1. The van der Waals surface area contributed by atoms with Gasteiger partial charge in [-0.3, -0.25) is 9.69 Å². The number of rotatable bonds is 8. The smallest absolute Gasteiger partial charge is 0.315 e. The number of fused-ring (bicyclic) bond motifs is 2. The molecule has 35 heavy (non-hydrogen) atoms. The summed E-state index contributed by atoms with van der Waals surface area (Å²) in [6, 6.07) is 0. The van der Waals surface area contributed by atoms with E-state index in [4.69, 9.17) is 21.1 Å². The number of hydrogen-bond donors (Lipinski definition) is 1. The van der Waals surface area contributed by atoms with Crippen LogP contribution in [0.4, 0.5) is 0 Å². The average molecular weight is 506 g/mol. The van der Waals surface area contributed by atoms with Crippen LogP contribution < -0.4 is 0 Å². The molecule has 9 atom stereocenters. The first kappa shape index (κ1) is 25.4. The number of aliphatic carboxylic acids is 1. The number of nitrogens with zero attached hydrogens (tertiary/aromatic N) is 1. The Labute approximate surface area is 214 Å². The highest BCUT2D eigenvalue weighted by atomic mass is 35.5. The third-order valence-corrected chi connectivity index (χ3v) is 10.5. The van der Waals surface area contributed by atoms with Crippen LogP contribution >= 0.6 is 11.6 Å². The largest absolute Gasteiger partial charge is 0.481 e. The zero-order valence-corrected chi connectivity index (χ0v) is 22.2. The predicted octanol–water partition coefficient (Wildman–Crippen LogP) is 4.73. The summed E-state index contributed by atoms with van der Waals surface area (Å²) in [6.45, 7) is 14.4. The third kappa shape index (κ3) is 3.32. The molecule has 194 valence electrons. The molecule has 1 N–H and O–H groups in total. The molecule has 1 unspecified atom stereocenters. The molecule has 4 fully saturated rings. The van der Waals surface area contributed by atoms with Crippen molar-refractivity contribution in [3.63, 3.8) is 0 Å². The number of aldehydes is 1. The second-order valence-corrected chi connectivity index (χ2v) is 12.9. The molecule has 1 heterocycles. The Bertz CT molecular complexity index is 950. The number of carbonyl (C=O) groups excluding carboxylic acids is 1. The Kier molecular flexibility index (Phi) is 6.31. The van der Waals surface area contributed by atoms with E-state index in [1.165, 1.54) is 0 Å². The summed E-state index contributed by atoms with van der Waals surface area (Å²) in [6.07, 6.45) is 6.19. The molecular formula is C28H40ClNO5. The molecule has 5 aliphatic rings. The molecule has 0 spiro atoms. The van der Waals surface area contributed by atoms with Crippen LogP contribution in [0.3, 0.4) is 0 Å². The van der Waals surface area contributed by atoms with Crippen LogP contribution in [0.1, 0.15) is 53.4 Å². The minimum atomic E-state index is -1.21. The summed E-state index contributed by atoms with van der Waals surface area (Å²) >= 11 is 6.07. The van der Waals surface area contributed by atoms with Crippen LogP contribution in [-0.4, -0.2) is 60.9 Å². The fourth-order valence-corrected chi connectivity index (χ4v) is 9.50. The first-order valence-corrected chi connectivity index (χ1v) is 13.6. The zero-order valence-electron chi connectivity index (χ0n) is 21.5. The van der Waals surface area contributed by atoms with Gasteiger partial charge in [0.1, 0.15) is 11.7 Å². The molecular weight excluding hydrogens is 466 g/mol. The lowest BCUT2D eigenvalue weighted by Crippen LogP contribution is -2.64. The van der Waals surface area contributed by atoms with E-state index in [0.717, 1.165) is 37.7 Å². The van der Waals surface area contributed by atoms with Gasteiger partial charge < -0.3 is 19.4 Å². The first-order valence-electron chi connectivity index (χ1n) is 13.3. The molecule has 7 heteroatoms. The lowest BCUT2D eigenvalue weighted by atomic mass is 9.43. The molecule has 3 saturated carbocycles. The highest BCUT2D eigenvalue weighted by molar-refractivity contribution is 6.29. The van der Waals surface area contributed by atoms with E-state index in [1.54, 1.807) is 0 Å². The van der Waals surface area contributed by atoms with Gasteiger partial charge in [-0.2, -0.15) is 0 Å². The van der Waals surface area contributed by atoms with Crippen molar-refractivity contribution in [2.75, 3.05) is 26.2 Å². The van der Waals surface area contributed by atoms with E-state index in [0.29, 0.717) is 36.4 Å². The fourth-order valence-electron chi connectivity index (χ4n) is 9.33. The number of ether oxygens (including phenoxy) is 2. The highest BCUT2D eigenvalue weighted by Crippen LogP contribution is 2.82. The first-order chi connectivity index (χ1) is 16.5. The lowest BCUT2D eigenvalue weighted by molar-refractivity contribution is -0.235. The minimum Gasteiger partial charge on any atom is -0.481 e. The molecule has 0 radical (unpaired) electrons. The van der Waals surface area contributed by atoms with E-state index in [-0.39, 0.29) is 30.5 Å². The van der Waals surface area contributed by atoms with E-state index in [9.17, 15) is 14.7 Å². The van der Waals surface area contributed by atoms with Gasteiger partial charge in [0.05, 0.1) is 18.1 Å². The van der Waals surface area contributed by atoms with Crippen molar-refractivity contribution >= 4 is 23.9 Å². The van der Waals surface area contributed by atoms with Crippen molar-refractivity contribution < 1.29 is 24.2 Å². The standard InChI is InChI=1S/C28H40ClNO5/c1-16(2)23-8-20-9-26(14-31)22-7-6-17(3)21(22)10-27(20,28(23,26)25(32)33)15-34-24-13-30(11-18(4)29)12-19(5)35-24/h8,14,16-17,19-22,24H,4,6-7,9-13,15H2,1-3,5H3,(H,32,33)/t17-,19-,20-,21-,22-,24-,26+,27?,28+/m1/s1. The van der Waals surface area contributed by atoms with Crippen molar-refractivity contribution in [2.24, 2.45) is 45.8 Å². The van der Waals surface area contributed by atoms with Gasteiger partial charge >= 0.3 is 5.97 Å². The Morgan fingerprint density at radius 2 is 2.09 bits per heavy atom. The highest BCUT2D eigenvalue weighted by Gasteiger charge is 2.84. The topological polar surface area (TPSA) is 76.1 Å². The van der Waals surface area contributed by atoms with E-state index in [2.05, 4.69) is 38.3 Å². The Hall–Kier alpha value is -1.21. The quantitative estimate of drug-likeness (QED) is 0.380. The zero-order chi connectivity index (χ0) is 25.3. The van der Waals surface area contributed by atoms with E-state index >= 15 is 0 Å². The van der Waals surface area contributed by atoms with E-state index < -0.39 is 28.5 Å². The lowest BCUT2D eigenvalue weighted by Gasteiger charge is -2.58. The van der Waals surface area contributed by atoms with Gasteiger partial charge in [0, 0.05) is 30.1 Å². The van der Waals surface area contributed by atoms with E-state index in [1.807, 2.05) is 6.92 Å². The van der Waals surface area contributed by atoms with Gasteiger partial charge in [-0.25, -0.2) is 0 Å². The van der Waals surface area contributed by atoms with Crippen LogP contribution in [0.2, 0.25) is 0 Å². The summed E-state index contributed by atoms with van der Waals surface area (Å²) in [7, 11) is 0. The second-order valence-electron chi connectivity index (χ2n) is 12.4. The maximum Gasteiger partial charge on any atom is 0.315 e. The number of hydrogen-bond acceptors (Lipinski definition) is 5. The summed E-state index contributed by atoms with van der Waals surface area (Å²) in [5.74, 6) is 0.205. The van der Waals surface area contributed by atoms with Crippen molar-refractivity contribution in [3.05, 3.63) is 23.3 Å². The van der Waals surface area contributed by atoms with Crippen LogP contribution in [-0.2, 0) is 19.1 Å². The van der Waals surface area contributed by atoms with Crippen LogP contribution in [0.25, 0.3) is 0 Å². The Morgan fingerprint density at radius 3 is 2.71 bits per heavy atom. The fraction of sp³-hybridized carbons (Fsp3) is 0.786. The maximum absolute atomic E-state index is 13.5. The van der Waals surface area contributed by atoms with Crippen molar-refractivity contribution in [2.45, 2.75) is 65.8 Å². The molecule has 0 aromatic heterocycles. The molecule has 1 aliphatic heterocycles. The number of carbonyl (C=O) groups is 2. The van der Waals surface area contributed by atoms with Crippen LogP contribution in [0.5, 0.6) is 0 Å². The molecule has 4 aliphatic carbocycles. The Morgan fingerprint density at radius 1 is 1.34 bits per heavy atom. The number of halogens is 1. The molecule has 0 amide bonds. The van der Waals surface area contributed by atoms with Gasteiger partial charge in [0.15, 0.2) is 6.29 Å². The van der Waals surface area contributed by atoms with Gasteiger partial charge in [-0.05, 0) is 55.8 Å². The van der Waals surface area contributed by atoms with Gasteiger partial charge in [0.25, 0.3) is 0 Å².